The van der Waals surface area contributed by atoms with Crippen molar-refractivity contribution in [3.63, 3.8) is 0 Å². The molecule has 1 unspecified atom stereocenters. The molecule has 2 aromatic carbocycles. The molecule has 1 atom stereocenters. The Hall–Kier alpha value is -0.912. The number of benzene rings is 2. The van der Waals surface area contributed by atoms with Crippen molar-refractivity contribution in [2.75, 3.05) is 13.2 Å². The second-order valence-corrected chi connectivity index (χ2v) is 9.14. The average molecular weight is 489 g/mol. The van der Waals surface area contributed by atoms with Gasteiger partial charge in [-0.25, -0.2) is 0 Å². The van der Waals surface area contributed by atoms with Crippen molar-refractivity contribution >= 4 is 53.0 Å². The van der Waals surface area contributed by atoms with E-state index in [-0.39, 0.29) is 12.5 Å². The molecule has 0 saturated carbocycles. The molecule has 23 heavy (non-hydrogen) atoms. The first-order valence-corrected chi connectivity index (χ1v) is 10.4. The zero-order chi connectivity index (χ0) is 16.8. The van der Waals surface area contributed by atoms with Crippen LogP contribution in [-0.4, -0.2) is 39.9 Å². The van der Waals surface area contributed by atoms with Crippen molar-refractivity contribution < 1.29 is 14.3 Å². The third kappa shape index (κ3) is 5.30. The van der Waals surface area contributed by atoms with E-state index in [4.69, 9.17) is 5.11 Å². The van der Waals surface area contributed by atoms with Gasteiger partial charge in [0.05, 0.1) is 0 Å². The number of aliphatic hydroxyl groups excluding tert-OH is 1. The van der Waals surface area contributed by atoms with Crippen molar-refractivity contribution in [3.05, 3.63) is 56.9 Å². The van der Waals surface area contributed by atoms with Gasteiger partial charge in [0.15, 0.2) is 0 Å². The molecule has 3 nitrogen and oxygen atoms in total. The molecule has 1 amide bonds. The van der Waals surface area contributed by atoms with Crippen LogP contribution in [-0.2, 0) is 0 Å². The van der Waals surface area contributed by atoms with E-state index in [9.17, 15) is 9.18 Å². The van der Waals surface area contributed by atoms with Gasteiger partial charge in [0.1, 0.15) is 0 Å². The van der Waals surface area contributed by atoms with Crippen LogP contribution in [0.1, 0.15) is 22.3 Å². The summed E-state index contributed by atoms with van der Waals surface area (Å²) in [7, 11) is 0. The number of amides is 1. The molecule has 6 heteroatoms. The summed E-state index contributed by atoms with van der Waals surface area (Å²) >= 11 is 1.54. The zero-order valence-electron chi connectivity index (χ0n) is 12.7. The monoisotopic (exact) mass is 489 g/mol. The summed E-state index contributed by atoms with van der Waals surface area (Å²) in [6, 6.07) is 10.7. The van der Waals surface area contributed by atoms with Crippen molar-refractivity contribution in [1.82, 2.24) is 5.32 Å². The summed E-state index contributed by atoms with van der Waals surface area (Å²) in [5.74, 6) is -0.688. The first-order chi connectivity index (χ1) is 11.0. The Morgan fingerprint density at radius 2 is 2.00 bits per heavy atom. The molecule has 0 spiro atoms. The van der Waals surface area contributed by atoms with Crippen molar-refractivity contribution in [1.29, 1.82) is 0 Å². The van der Waals surface area contributed by atoms with Gasteiger partial charge in [-0.05, 0) is 0 Å². The molecule has 2 N–H and O–H groups in total. The first-order valence-electron chi connectivity index (χ1n) is 7.23. The van der Waals surface area contributed by atoms with Crippen LogP contribution in [0, 0.1) is 16.3 Å². The number of aliphatic hydroxyl groups is 1. The molecular formula is C17H18AsFINO2. The number of carbonyl (C=O) groups excluding carboxylic acids is 1. The minimum absolute atomic E-state index is 0.0198. The molecular weight excluding hydrogens is 471 g/mol. The van der Waals surface area contributed by atoms with Gasteiger partial charge in [0, 0.05) is 0 Å². The van der Waals surface area contributed by atoms with Gasteiger partial charge in [-0.3, -0.25) is 0 Å². The van der Waals surface area contributed by atoms with Crippen LogP contribution in [0.15, 0.2) is 36.4 Å². The predicted octanol–water partition coefficient (Wildman–Crippen LogP) is 1.24. The number of nitrogens with one attached hydrogen (secondary N) is 1. The van der Waals surface area contributed by atoms with Crippen LogP contribution in [0.5, 0.6) is 0 Å². The molecule has 2 aromatic rings. The molecule has 0 heterocycles. The maximum atomic E-state index is 13.6. The molecule has 0 bridgehead atoms. The van der Waals surface area contributed by atoms with Gasteiger partial charge in [-0.2, -0.15) is 0 Å². The van der Waals surface area contributed by atoms with Crippen molar-refractivity contribution in [2.24, 2.45) is 0 Å². The molecule has 0 aliphatic rings. The van der Waals surface area contributed by atoms with Gasteiger partial charge in [-0.15, -0.1) is 0 Å². The van der Waals surface area contributed by atoms with Gasteiger partial charge >= 0.3 is 156 Å². The van der Waals surface area contributed by atoms with E-state index >= 15 is 0 Å². The van der Waals surface area contributed by atoms with E-state index in [1.165, 1.54) is 25.6 Å². The second kappa shape index (κ2) is 8.81. The topological polar surface area (TPSA) is 49.3 Å². The Labute approximate surface area is 155 Å². The summed E-state index contributed by atoms with van der Waals surface area (Å²) in [6.07, 6.45) is 0.489. The quantitative estimate of drug-likeness (QED) is 0.365. The third-order valence-corrected chi connectivity index (χ3v) is 7.20. The second-order valence-electron chi connectivity index (χ2n) is 5.11. The van der Waals surface area contributed by atoms with Gasteiger partial charge in [0.25, 0.3) is 0 Å². The number of halogens is 2. The van der Waals surface area contributed by atoms with Crippen LogP contribution in [0.25, 0.3) is 0 Å². The Morgan fingerprint density at radius 1 is 1.26 bits per heavy atom. The van der Waals surface area contributed by atoms with E-state index in [0.29, 0.717) is 18.5 Å². The normalized spacial score (nSPS) is 11.1. The summed E-state index contributed by atoms with van der Waals surface area (Å²) in [5.41, 5.74) is 1.61. The SMILES string of the molecule is Cc1cc(I)ccc1[AsH]c1ccc(F)cc1C(=O)NCCCO. The van der Waals surface area contributed by atoms with E-state index < -0.39 is 21.6 Å². The third-order valence-electron chi connectivity index (χ3n) is 3.30. The van der Waals surface area contributed by atoms with E-state index in [1.807, 2.05) is 0 Å². The van der Waals surface area contributed by atoms with Crippen LogP contribution in [0.2, 0.25) is 0 Å². The Bertz CT molecular complexity index is 709. The summed E-state index contributed by atoms with van der Waals surface area (Å²) in [5, 5.41) is 11.5. The number of hydrogen-bond acceptors (Lipinski definition) is 2. The molecule has 0 aromatic heterocycles. The average Bonchev–Trinajstić information content (AvgIpc) is 2.51. The van der Waals surface area contributed by atoms with Crippen LogP contribution in [0.4, 0.5) is 4.39 Å². The molecule has 0 fully saturated rings. The van der Waals surface area contributed by atoms with Gasteiger partial charge in [0.2, 0.25) is 0 Å². The Morgan fingerprint density at radius 3 is 2.70 bits per heavy atom. The number of carbonyl (C=O) groups is 1. The molecule has 0 aliphatic heterocycles. The molecule has 122 valence electrons. The predicted molar refractivity (Wildman–Crippen MR) is 101 cm³/mol. The molecule has 0 aliphatic carbocycles. The van der Waals surface area contributed by atoms with Crippen LogP contribution < -0.4 is 14.0 Å². The van der Waals surface area contributed by atoms with Crippen molar-refractivity contribution in [3.8, 4) is 0 Å². The van der Waals surface area contributed by atoms with E-state index in [1.54, 1.807) is 6.07 Å². The van der Waals surface area contributed by atoms with Gasteiger partial charge in [-0.1, -0.05) is 0 Å². The van der Waals surface area contributed by atoms with Crippen LogP contribution >= 0.6 is 22.6 Å². The summed E-state index contributed by atoms with van der Waals surface area (Å²) < 4.78 is 16.9. The van der Waals surface area contributed by atoms with Crippen molar-refractivity contribution in [2.45, 2.75) is 13.3 Å². The molecule has 2 rings (SSSR count). The van der Waals surface area contributed by atoms with Gasteiger partial charge < -0.3 is 0 Å². The number of hydrogen-bond donors (Lipinski definition) is 2. The summed E-state index contributed by atoms with van der Waals surface area (Å²) in [4.78, 5) is 12.3. The minimum atomic E-state index is -0.730. The standard InChI is InChI=1S/C17H18AsFINO2/c1-11-9-13(20)4-6-15(11)18-16-5-3-12(19)10-14(16)17(23)21-7-2-8-22/h3-6,9-10,18,22H,2,7-8H2,1H3,(H,21,23). The van der Waals surface area contributed by atoms with E-state index in [2.05, 4.69) is 53.0 Å². The van der Waals surface area contributed by atoms with Crippen LogP contribution in [0.3, 0.4) is 0 Å². The zero-order valence-corrected chi connectivity index (χ0v) is 17.0. The number of aryl methyl sites for hydroxylation is 1. The summed E-state index contributed by atoms with van der Waals surface area (Å²) in [6.45, 7) is 2.46. The van der Waals surface area contributed by atoms with E-state index in [0.717, 1.165) is 4.35 Å². The maximum absolute atomic E-state index is 13.6. The first kappa shape index (κ1) is 18.4. The fourth-order valence-corrected chi connectivity index (χ4v) is 5.29. The Balaban J connectivity index is 2.26. The molecule has 0 saturated heterocycles. The fourth-order valence-electron chi connectivity index (χ4n) is 2.10. The number of rotatable bonds is 6. The Kier molecular flexibility index (Phi) is 7.05. The fraction of sp³-hybridized carbons (Fsp3) is 0.235. The molecule has 0 radical (unpaired) electrons.